The van der Waals surface area contributed by atoms with Crippen LogP contribution < -0.4 is 0 Å². The first-order valence-corrected chi connectivity index (χ1v) is 1.80. The fourth-order valence-electron chi connectivity index (χ4n) is 0.150. The van der Waals surface area contributed by atoms with E-state index in [1.807, 2.05) is 0 Å². The highest BCUT2D eigenvalue weighted by Gasteiger charge is 2.05. The number of aliphatic hydroxyl groups excluding tert-OH is 1. The van der Waals surface area contributed by atoms with Gasteiger partial charge in [-0.2, -0.15) is 4.39 Å². The van der Waals surface area contributed by atoms with Crippen LogP contribution >= 0.6 is 0 Å². The van der Waals surface area contributed by atoms with Crippen LogP contribution in [0, 0.1) is 0 Å². The van der Waals surface area contributed by atoms with Crippen molar-refractivity contribution in [3.8, 4) is 0 Å². The molecule has 0 aliphatic carbocycles. The third kappa shape index (κ3) is 1.59. The molecule has 0 spiro atoms. The van der Waals surface area contributed by atoms with Gasteiger partial charge < -0.3 is 9.84 Å². The number of hydrogen-bond donors (Lipinski definition) is 1. The molecule has 3 nitrogen and oxygen atoms in total. The van der Waals surface area contributed by atoms with Gasteiger partial charge in [0, 0.05) is 0 Å². The Morgan fingerprint density at radius 2 is 2.38 bits per heavy atom. The van der Waals surface area contributed by atoms with Crippen LogP contribution in [0.3, 0.4) is 0 Å². The lowest BCUT2D eigenvalue weighted by Crippen LogP contribution is -1.99. The van der Waals surface area contributed by atoms with Gasteiger partial charge in [-0.05, 0) is 0 Å². The zero-order chi connectivity index (χ0) is 6.57. The van der Waals surface area contributed by atoms with Gasteiger partial charge in [0.25, 0.3) is 0 Å². The molecule has 0 aliphatic heterocycles. The van der Waals surface area contributed by atoms with Gasteiger partial charge in [-0.15, -0.1) is 0 Å². The highest BCUT2D eigenvalue weighted by molar-refractivity contribution is 5.85. The molecule has 0 radical (unpaired) electrons. The third-order valence-corrected chi connectivity index (χ3v) is 0.494. The van der Waals surface area contributed by atoms with Crippen molar-refractivity contribution in [3.63, 3.8) is 0 Å². The first-order chi connectivity index (χ1) is 3.72. The number of ether oxygens (including phenoxy) is 1. The summed E-state index contributed by atoms with van der Waals surface area (Å²) >= 11 is 0. The summed E-state index contributed by atoms with van der Waals surface area (Å²) in [6.07, 6.45) is 0.0475. The maximum Gasteiger partial charge on any atom is 0.370 e. The quantitative estimate of drug-likeness (QED) is 0.312. The van der Waals surface area contributed by atoms with E-state index in [4.69, 9.17) is 5.11 Å². The highest BCUT2D eigenvalue weighted by atomic mass is 19.1. The van der Waals surface area contributed by atoms with E-state index in [0.717, 1.165) is 7.11 Å². The van der Waals surface area contributed by atoms with E-state index in [2.05, 4.69) is 4.74 Å². The predicted molar refractivity (Wildman–Crippen MR) is 23.8 cm³/mol. The molecule has 0 atom stereocenters. The summed E-state index contributed by atoms with van der Waals surface area (Å²) in [4.78, 5) is 9.92. The maximum atomic E-state index is 11.7. The average Bonchev–Trinajstić information content (AvgIpc) is 1.84. The molecule has 4 heteroatoms. The van der Waals surface area contributed by atoms with E-state index in [-0.39, 0.29) is 6.26 Å². The lowest BCUT2D eigenvalue weighted by Gasteiger charge is -1.89. The Kier molecular flexibility index (Phi) is 2.61. The van der Waals surface area contributed by atoms with Crippen molar-refractivity contribution in [2.24, 2.45) is 0 Å². The van der Waals surface area contributed by atoms with Crippen molar-refractivity contribution in [2.75, 3.05) is 7.11 Å². The van der Waals surface area contributed by atoms with Crippen molar-refractivity contribution in [1.29, 1.82) is 0 Å². The number of rotatable bonds is 1. The molecule has 0 saturated carbocycles. The largest absolute Gasteiger partial charge is 0.512 e. The van der Waals surface area contributed by atoms with Crippen LogP contribution in [0.1, 0.15) is 0 Å². The highest BCUT2D eigenvalue weighted by Crippen LogP contribution is 1.94. The molecule has 46 valence electrons. The molecule has 0 unspecified atom stereocenters. The molecule has 8 heavy (non-hydrogen) atoms. The molecule has 0 bridgehead atoms. The summed E-state index contributed by atoms with van der Waals surface area (Å²) in [5.41, 5.74) is 0. The third-order valence-electron chi connectivity index (χ3n) is 0.494. The minimum Gasteiger partial charge on any atom is -0.512 e. The number of halogens is 1. The Morgan fingerprint density at radius 1 is 1.88 bits per heavy atom. The Morgan fingerprint density at radius 3 is 2.50 bits per heavy atom. The summed E-state index contributed by atoms with van der Waals surface area (Å²) in [6, 6.07) is 0. The second kappa shape index (κ2) is 3.01. The van der Waals surface area contributed by atoms with Gasteiger partial charge in [-0.1, -0.05) is 0 Å². The van der Waals surface area contributed by atoms with Crippen molar-refractivity contribution >= 4 is 5.97 Å². The van der Waals surface area contributed by atoms with E-state index >= 15 is 0 Å². The monoisotopic (exact) mass is 120 g/mol. The molecular formula is C4H5FO3. The molecule has 0 saturated heterocycles. The smallest absolute Gasteiger partial charge is 0.370 e. The van der Waals surface area contributed by atoms with E-state index in [1.165, 1.54) is 0 Å². The summed E-state index contributed by atoms with van der Waals surface area (Å²) < 4.78 is 15.5. The zero-order valence-electron chi connectivity index (χ0n) is 4.22. The van der Waals surface area contributed by atoms with Gasteiger partial charge in [0.05, 0.1) is 7.11 Å². The molecule has 0 aromatic heterocycles. The minimum atomic E-state index is -1.30. The lowest BCUT2D eigenvalue weighted by molar-refractivity contribution is -0.137. The number of aliphatic hydroxyl groups is 1. The molecular weight excluding hydrogens is 115 g/mol. The van der Waals surface area contributed by atoms with Crippen molar-refractivity contribution in [1.82, 2.24) is 0 Å². The molecule has 0 aromatic rings. The molecule has 0 rings (SSSR count). The second-order valence-corrected chi connectivity index (χ2v) is 0.969. The topological polar surface area (TPSA) is 46.5 Å². The molecule has 0 aromatic carbocycles. The van der Waals surface area contributed by atoms with Crippen LogP contribution in [0.5, 0.6) is 0 Å². The van der Waals surface area contributed by atoms with Gasteiger partial charge in [0.1, 0.15) is 6.26 Å². The molecule has 0 fully saturated rings. The first kappa shape index (κ1) is 6.94. The average molecular weight is 120 g/mol. The number of methoxy groups -OCH3 is 1. The zero-order valence-corrected chi connectivity index (χ0v) is 4.22. The lowest BCUT2D eigenvalue weighted by atomic mass is 10.6. The van der Waals surface area contributed by atoms with Crippen molar-refractivity contribution < 1.29 is 19.0 Å². The van der Waals surface area contributed by atoms with E-state index in [9.17, 15) is 9.18 Å². The summed E-state index contributed by atoms with van der Waals surface area (Å²) in [7, 11) is 1.02. The van der Waals surface area contributed by atoms with Crippen LogP contribution in [0.2, 0.25) is 0 Å². The molecule has 0 amide bonds. The van der Waals surface area contributed by atoms with Crippen LogP contribution in [0.4, 0.5) is 4.39 Å². The van der Waals surface area contributed by atoms with Crippen LogP contribution in [0.25, 0.3) is 0 Å². The first-order valence-electron chi connectivity index (χ1n) is 1.80. The van der Waals surface area contributed by atoms with Gasteiger partial charge >= 0.3 is 5.97 Å². The van der Waals surface area contributed by atoms with Gasteiger partial charge in [0.2, 0.25) is 5.83 Å². The van der Waals surface area contributed by atoms with Crippen LogP contribution in [-0.4, -0.2) is 18.2 Å². The van der Waals surface area contributed by atoms with Gasteiger partial charge in [0.15, 0.2) is 0 Å². The number of hydrogen-bond acceptors (Lipinski definition) is 3. The Balaban J connectivity index is 3.83. The SMILES string of the molecule is COC(=O)C(F)=CO. The molecule has 0 aliphatic rings. The fourth-order valence-corrected chi connectivity index (χ4v) is 0.150. The summed E-state index contributed by atoms with van der Waals surface area (Å²) in [5.74, 6) is -2.47. The van der Waals surface area contributed by atoms with Crippen LogP contribution in [0.15, 0.2) is 12.1 Å². The number of carbonyl (C=O) groups is 1. The Labute approximate surface area is 45.4 Å². The molecule has 1 N–H and O–H groups in total. The Hall–Kier alpha value is -1.06. The standard InChI is InChI=1S/C4H5FO3/c1-8-4(7)3(5)2-6/h2,6H,1H3. The van der Waals surface area contributed by atoms with Crippen molar-refractivity contribution in [2.45, 2.75) is 0 Å². The van der Waals surface area contributed by atoms with E-state index in [1.54, 1.807) is 0 Å². The number of carbonyl (C=O) groups excluding carboxylic acids is 1. The predicted octanol–water partition coefficient (Wildman–Crippen LogP) is 0.528. The van der Waals surface area contributed by atoms with E-state index in [0.29, 0.717) is 0 Å². The number of esters is 1. The van der Waals surface area contributed by atoms with Crippen molar-refractivity contribution in [3.05, 3.63) is 12.1 Å². The van der Waals surface area contributed by atoms with Crippen LogP contribution in [-0.2, 0) is 9.53 Å². The molecule has 0 heterocycles. The summed E-state index contributed by atoms with van der Waals surface area (Å²) in [5, 5.41) is 7.80. The maximum absolute atomic E-state index is 11.7. The van der Waals surface area contributed by atoms with Gasteiger partial charge in [-0.3, -0.25) is 0 Å². The minimum absolute atomic E-state index is 0.0475. The fraction of sp³-hybridized carbons (Fsp3) is 0.250. The Bertz CT molecular complexity index is 118. The summed E-state index contributed by atoms with van der Waals surface area (Å²) in [6.45, 7) is 0. The normalized spacial score (nSPS) is 11.0. The second-order valence-electron chi connectivity index (χ2n) is 0.969. The van der Waals surface area contributed by atoms with E-state index < -0.39 is 11.8 Å². The van der Waals surface area contributed by atoms with Gasteiger partial charge in [-0.25, -0.2) is 4.79 Å².